The van der Waals surface area contributed by atoms with Crippen molar-refractivity contribution in [3.05, 3.63) is 0 Å². The van der Waals surface area contributed by atoms with Crippen molar-refractivity contribution < 1.29 is 0 Å². The highest BCUT2D eigenvalue weighted by atomic mass is 32.2. The van der Waals surface area contributed by atoms with Crippen LogP contribution >= 0.6 is 11.8 Å². The number of nitrogens with two attached hydrogens (primary N) is 1. The van der Waals surface area contributed by atoms with E-state index >= 15 is 0 Å². The van der Waals surface area contributed by atoms with Gasteiger partial charge in [-0.25, -0.2) is 0 Å². The molecule has 0 aromatic carbocycles. The molecule has 2 fully saturated rings. The standard InChI is InChI=1S/C14H24N6S/c1-21-11-7-3-2-6-10(11)16-13-17-12(15)18-14(19-13)20-8-4-5-9-20/h10-11H,2-9H2,1H3,(H3,15,16,17,18,19). The van der Waals surface area contributed by atoms with Crippen molar-refractivity contribution in [3.63, 3.8) is 0 Å². The molecule has 3 N–H and O–H groups in total. The summed E-state index contributed by atoms with van der Waals surface area (Å²) in [4.78, 5) is 15.3. The Hall–Kier alpha value is -1.24. The van der Waals surface area contributed by atoms with Gasteiger partial charge in [0.25, 0.3) is 0 Å². The summed E-state index contributed by atoms with van der Waals surface area (Å²) in [7, 11) is 0. The Morgan fingerprint density at radius 3 is 2.62 bits per heavy atom. The van der Waals surface area contributed by atoms with E-state index in [-0.39, 0.29) is 0 Å². The predicted octanol–water partition coefficient (Wildman–Crippen LogP) is 2.14. The molecule has 1 saturated carbocycles. The number of hydrogen-bond acceptors (Lipinski definition) is 7. The lowest BCUT2D eigenvalue weighted by molar-refractivity contribution is 0.473. The van der Waals surface area contributed by atoms with Crippen LogP contribution in [-0.4, -0.2) is 45.6 Å². The van der Waals surface area contributed by atoms with Crippen molar-refractivity contribution >= 4 is 29.6 Å². The molecular weight excluding hydrogens is 284 g/mol. The highest BCUT2D eigenvalue weighted by molar-refractivity contribution is 7.99. The molecule has 116 valence electrons. The molecule has 2 unspecified atom stereocenters. The quantitative estimate of drug-likeness (QED) is 0.882. The number of thioether (sulfide) groups is 1. The first-order valence-electron chi connectivity index (χ1n) is 7.82. The van der Waals surface area contributed by atoms with E-state index in [0.29, 0.717) is 23.2 Å². The van der Waals surface area contributed by atoms with Gasteiger partial charge in [-0.1, -0.05) is 12.8 Å². The van der Waals surface area contributed by atoms with Crippen LogP contribution in [-0.2, 0) is 0 Å². The lowest BCUT2D eigenvalue weighted by atomic mass is 9.95. The smallest absolute Gasteiger partial charge is 0.231 e. The van der Waals surface area contributed by atoms with Crippen LogP contribution in [0.2, 0.25) is 0 Å². The Labute approximate surface area is 130 Å². The fourth-order valence-corrected chi connectivity index (χ4v) is 4.15. The molecular formula is C14H24N6S. The first kappa shape index (κ1) is 14.7. The van der Waals surface area contributed by atoms with Crippen molar-refractivity contribution in [2.75, 3.05) is 35.3 Å². The number of rotatable bonds is 4. The maximum atomic E-state index is 5.87. The third kappa shape index (κ3) is 3.51. The van der Waals surface area contributed by atoms with Gasteiger partial charge in [0.1, 0.15) is 0 Å². The van der Waals surface area contributed by atoms with Gasteiger partial charge in [-0.2, -0.15) is 26.7 Å². The lowest BCUT2D eigenvalue weighted by Crippen LogP contribution is -2.35. The molecule has 1 aliphatic heterocycles. The Morgan fingerprint density at radius 2 is 1.86 bits per heavy atom. The summed E-state index contributed by atoms with van der Waals surface area (Å²) in [6, 6.07) is 0.432. The third-order valence-corrected chi connectivity index (χ3v) is 5.52. The summed E-state index contributed by atoms with van der Waals surface area (Å²) in [5, 5.41) is 4.13. The molecule has 2 atom stereocenters. The van der Waals surface area contributed by atoms with Gasteiger partial charge in [-0.3, -0.25) is 0 Å². The van der Waals surface area contributed by atoms with Crippen molar-refractivity contribution in [3.8, 4) is 0 Å². The van der Waals surface area contributed by atoms with E-state index in [1.807, 2.05) is 11.8 Å². The molecule has 0 radical (unpaired) electrons. The number of hydrogen-bond donors (Lipinski definition) is 2. The number of aromatic nitrogens is 3. The van der Waals surface area contributed by atoms with Crippen LogP contribution in [0, 0.1) is 0 Å². The zero-order valence-corrected chi connectivity index (χ0v) is 13.4. The first-order chi connectivity index (χ1) is 10.3. The average molecular weight is 308 g/mol. The minimum atomic E-state index is 0.311. The second-order valence-electron chi connectivity index (χ2n) is 5.82. The van der Waals surface area contributed by atoms with E-state index in [2.05, 4.69) is 31.4 Å². The fourth-order valence-electron chi connectivity index (χ4n) is 3.21. The van der Waals surface area contributed by atoms with E-state index < -0.39 is 0 Å². The number of nitrogens with zero attached hydrogens (tertiary/aromatic N) is 4. The van der Waals surface area contributed by atoms with E-state index in [0.717, 1.165) is 19.0 Å². The summed E-state index contributed by atoms with van der Waals surface area (Å²) in [5.74, 6) is 1.67. The molecule has 2 aliphatic rings. The molecule has 1 saturated heterocycles. The van der Waals surface area contributed by atoms with Gasteiger partial charge in [0.2, 0.25) is 17.8 Å². The van der Waals surface area contributed by atoms with Gasteiger partial charge in [-0.15, -0.1) is 0 Å². The summed E-state index contributed by atoms with van der Waals surface area (Å²) in [6.45, 7) is 2.03. The van der Waals surface area contributed by atoms with Crippen molar-refractivity contribution in [2.24, 2.45) is 0 Å². The van der Waals surface area contributed by atoms with Crippen LogP contribution in [0.3, 0.4) is 0 Å². The monoisotopic (exact) mass is 308 g/mol. The van der Waals surface area contributed by atoms with Gasteiger partial charge in [0.05, 0.1) is 0 Å². The molecule has 2 heterocycles. The van der Waals surface area contributed by atoms with Crippen molar-refractivity contribution in [1.82, 2.24) is 15.0 Å². The molecule has 21 heavy (non-hydrogen) atoms. The topological polar surface area (TPSA) is 80.0 Å². The molecule has 1 aliphatic carbocycles. The van der Waals surface area contributed by atoms with Crippen LogP contribution in [0.15, 0.2) is 0 Å². The largest absolute Gasteiger partial charge is 0.368 e. The van der Waals surface area contributed by atoms with Gasteiger partial charge >= 0.3 is 0 Å². The second-order valence-corrected chi connectivity index (χ2v) is 6.90. The molecule has 3 rings (SSSR count). The van der Waals surface area contributed by atoms with Crippen molar-refractivity contribution in [2.45, 2.75) is 49.8 Å². The highest BCUT2D eigenvalue weighted by Crippen LogP contribution is 2.29. The zero-order chi connectivity index (χ0) is 14.7. The van der Waals surface area contributed by atoms with E-state index in [9.17, 15) is 0 Å². The van der Waals surface area contributed by atoms with Crippen LogP contribution in [0.25, 0.3) is 0 Å². The van der Waals surface area contributed by atoms with E-state index in [1.54, 1.807) is 0 Å². The molecule has 1 aromatic heterocycles. The molecule has 7 heteroatoms. The number of nitrogen functional groups attached to an aromatic ring is 1. The van der Waals surface area contributed by atoms with Gasteiger partial charge in [0, 0.05) is 24.4 Å². The molecule has 6 nitrogen and oxygen atoms in total. The number of nitrogens with one attached hydrogen (secondary N) is 1. The maximum absolute atomic E-state index is 5.87. The summed E-state index contributed by atoms with van der Waals surface area (Å²) in [5.41, 5.74) is 5.87. The minimum absolute atomic E-state index is 0.311. The normalized spacial score (nSPS) is 26.0. The van der Waals surface area contributed by atoms with Crippen LogP contribution < -0.4 is 16.0 Å². The van der Waals surface area contributed by atoms with Gasteiger partial charge in [0.15, 0.2) is 0 Å². The van der Waals surface area contributed by atoms with Crippen LogP contribution in [0.5, 0.6) is 0 Å². The van der Waals surface area contributed by atoms with E-state index in [1.165, 1.54) is 38.5 Å². The predicted molar refractivity (Wildman–Crippen MR) is 88.9 cm³/mol. The number of anilines is 3. The summed E-state index contributed by atoms with van der Waals surface area (Å²) < 4.78 is 0. The highest BCUT2D eigenvalue weighted by Gasteiger charge is 2.25. The molecule has 1 aromatic rings. The lowest BCUT2D eigenvalue weighted by Gasteiger charge is -2.31. The van der Waals surface area contributed by atoms with Crippen LogP contribution in [0.1, 0.15) is 38.5 Å². The van der Waals surface area contributed by atoms with E-state index in [4.69, 9.17) is 5.73 Å². The Bertz CT molecular complexity index is 477. The minimum Gasteiger partial charge on any atom is -0.368 e. The fraction of sp³-hybridized carbons (Fsp3) is 0.786. The Kier molecular flexibility index (Phi) is 4.67. The van der Waals surface area contributed by atoms with Gasteiger partial charge in [-0.05, 0) is 31.9 Å². The molecule has 0 spiro atoms. The first-order valence-corrected chi connectivity index (χ1v) is 9.11. The molecule has 0 amide bonds. The van der Waals surface area contributed by atoms with Crippen LogP contribution in [0.4, 0.5) is 17.8 Å². The Balaban J connectivity index is 1.74. The van der Waals surface area contributed by atoms with Crippen molar-refractivity contribution in [1.29, 1.82) is 0 Å². The Morgan fingerprint density at radius 1 is 1.10 bits per heavy atom. The molecule has 0 bridgehead atoms. The second kappa shape index (κ2) is 6.68. The third-order valence-electron chi connectivity index (χ3n) is 4.35. The SMILES string of the molecule is CSC1CCCCC1Nc1nc(N)nc(N2CCCC2)n1. The summed E-state index contributed by atoms with van der Waals surface area (Å²) >= 11 is 1.93. The van der Waals surface area contributed by atoms with Gasteiger partial charge < -0.3 is 16.0 Å². The average Bonchev–Trinajstić information content (AvgIpc) is 3.01. The maximum Gasteiger partial charge on any atom is 0.231 e. The zero-order valence-electron chi connectivity index (χ0n) is 12.6. The summed E-state index contributed by atoms with van der Waals surface area (Å²) in [6.07, 6.45) is 9.62.